The van der Waals surface area contributed by atoms with Crippen LogP contribution in [0.25, 0.3) is 0 Å². The molecular weight excluding hydrogens is 132 g/mol. The average molecular weight is 150 g/mol. The van der Waals surface area contributed by atoms with Crippen molar-refractivity contribution in [2.75, 3.05) is 0 Å². The molecule has 0 fully saturated rings. The number of hydrogen-bond donors (Lipinski definition) is 0. The molecular formula is C11H18. The summed E-state index contributed by atoms with van der Waals surface area (Å²) in [5, 5.41) is 0. The highest BCUT2D eigenvalue weighted by Gasteiger charge is 1.83. The van der Waals surface area contributed by atoms with Gasteiger partial charge in [-0.25, -0.2) is 0 Å². The molecule has 62 valence electrons. The fourth-order valence-corrected chi connectivity index (χ4v) is 0.773. The van der Waals surface area contributed by atoms with E-state index in [4.69, 9.17) is 0 Å². The predicted octanol–water partition coefficient (Wildman–Crippen LogP) is 3.87. The summed E-state index contributed by atoms with van der Waals surface area (Å²) >= 11 is 0. The summed E-state index contributed by atoms with van der Waals surface area (Å²) in [4.78, 5) is 0. The fraction of sp³-hybridized carbons (Fsp3) is 0.455. The Labute approximate surface area is 70.3 Å². The lowest BCUT2D eigenvalue weighted by molar-refractivity contribution is 0.938. The Morgan fingerprint density at radius 2 is 1.91 bits per heavy atom. The maximum atomic E-state index is 3.84. The minimum Gasteiger partial charge on any atom is -0.0988 e. The van der Waals surface area contributed by atoms with Gasteiger partial charge in [0, 0.05) is 0 Å². The minimum atomic E-state index is 1.05. The summed E-state index contributed by atoms with van der Waals surface area (Å²) in [6, 6.07) is 0. The van der Waals surface area contributed by atoms with Gasteiger partial charge in [0.25, 0.3) is 0 Å². The molecule has 11 heavy (non-hydrogen) atoms. The highest BCUT2D eigenvalue weighted by molar-refractivity contribution is 5.11. The van der Waals surface area contributed by atoms with Gasteiger partial charge in [0.2, 0.25) is 0 Å². The Balaban J connectivity index is 3.26. The van der Waals surface area contributed by atoms with Crippen molar-refractivity contribution in [1.82, 2.24) is 0 Å². The molecule has 0 nitrogen and oxygen atoms in total. The van der Waals surface area contributed by atoms with Crippen LogP contribution in [-0.2, 0) is 0 Å². The van der Waals surface area contributed by atoms with Gasteiger partial charge in [-0.3, -0.25) is 0 Å². The molecule has 0 aromatic rings. The molecule has 0 bridgehead atoms. The third kappa shape index (κ3) is 7.11. The van der Waals surface area contributed by atoms with Gasteiger partial charge in [-0.05, 0) is 19.3 Å². The van der Waals surface area contributed by atoms with Crippen molar-refractivity contribution in [3.8, 4) is 0 Å². The summed E-state index contributed by atoms with van der Waals surface area (Å²) < 4.78 is 0. The van der Waals surface area contributed by atoms with E-state index in [1.54, 1.807) is 0 Å². The van der Waals surface area contributed by atoms with E-state index in [0.717, 1.165) is 18.4 Å². The van der Waals surface area contributed by atoms with E-state index in [0.29, 0.717) is 0 Å². The molecule has 0 saturated heterocycles. The Bertz CT molecular complexity index is 140. The maximum Gasteiger partial charge on any atom is -0.0250 e. The second-order valence-corrected chi connectivity index (χ2v) is 2.66. The zero-order valence-electron chi connectivity index (χ0n) is 7.47. The minimum absolute atomic E-state index is 1.05. The fourth-order valence-electron chi connectivity index (χ4n) is 0.773. The molecule has 0 aliphatic rings. The van der Waals surface area contributed by atoms with Crippen LogP contribution < -0.4 is 0 Å². The third-order valence-electron chi connectivity index (χ3n) is 1.54. The highest BCUT2D eigenvalue weighted by Crippen LogP contribution is 2.03. The van der Waals surface area contributed by atoms with Gasteiger partial charge >= 0.3 is 0 Å². The lowest BCUT2D eigenvalue weighted by Crippen LogP contribution is -1.73. The Morgan fingerprint density at radius 1 is 1.27 bits per heavy atom. The first-order valence-corrected chi connectivity index (χ1v) is 4.26. The van der Waals surface area contributed by atoms with Crippen LogP contribution in [0.1, 0.15) is 32.6 Å². The van der Waals surface area contributed by atoms with Gasteiger partial charge in [0.15, 0.2) is 0 Å². The van der Waals surface area contributed by atoms with Gasteiger partial charge < -0.3 is 0 Å². The van der Waals surface area contributed by atoms with E-state index in [1.165, 1.54) is 12.8 Å². The van der Waals surface area contributed by atoms with Crippen molar-refractivity contribution in [2.45, 2.75) is 32.6 Å². The topological polar surface area (TPSA) is 0 Å². The largest absolute Gasteiger partial charge is 0.0988 e. The lowest BCUT2D eigenvalue weighted by Gasteiger charge is -1.93. The summed E-state index contributed by atoms with van der Waals surface area (Å²) in [6.45, 7) is 9.68. The molecule has 0 amide bonds. The predicted molar refractivity (Wildman–Crippen MR) is 52.6 cm³/mol. The van der Waals surface area contributed by atoms with Gasteiger partial charge in [-0.15, -0.1) is 0 Å². The Kier molecular flexibility index (Phi) is 6.81. The molecule has 0 heteroatoms. The monoisotopic (exact) mass is 150 g/mol. The average Bonchev–Trinajstić information content (AvgIpc) is 2.04. The first-order chi connectivity index (χ1) is 5.31. The zero-order valence-corrected chi connectivity index (χ0v) is 7.47. The Hall–Kier alpha value is -0.780. The maximum absolute atomic E-state index is 3.84. The summed E-state index contributed by atoms with van der Waals surface area (Å²) in [5.41, 5.74) is 1.13. The molecule has 0 N–H and O–H groups in total. The number of rotatable bonds is 6. The van der Waals surface area contributed by atoms with E-state index in [2.05, 4.69) is 32.2 Å². The lowest BCUT2D eigenvalue weighted by atomic mass is 10.1. The Morgan fingerprint density at radius 3 is 2.45 bits per heavy atom. The quantitative estimate of drug-likeness (QED) is 0.398. The van der Waals surface area contributed by atoms with Gasteiger partial charge in [0.1, 0.15) is 0 Å². The normalized spacial score (nSPS) is 10.3. The zero-order chi connectivity index (χ0) is 8.53. The number of hydrogen-bond acceptors (Lipinski definition) is 0. The first kappa shape index (κ1) is 10.2. The van der Waals surface area contributed by atoms with E-state index in [-0.39, 0.29) is 0 Å². The summed E-state index contributed by atoms with van der Waals surface area (Å²) in [7, 11) is 0. The number of unbranched alkanes of at least 4 members (excludes halogenated alkanes) is 1. The number of allylic oxidation sites excluding steroid dienone is 4. The van der Waals surface area contributed by atoms with Crippen molar-refractivity contribution in [3.05, 3.63) is 37.0 Å². The van der Waals surface area contributed by atoms with Crippen molar-refractivity contribution in [3.63, 3.8) is 0 Å². The molecule has 0 atom stereocenters. The molecule has 0 heterocycles. The van der Waals surface area contributed by atoms with E-state index in [1.807, 2.05) is 6.08 Å². The SMILES string of the molecule is C=CC(=C)CCC=CCCC. The van der Waals surface area contributed by atoms with Crippen LogP contribution in [0.3, 0.4) is 0 Å². The second-order valence-electron chi connectivity index (χ2n) is 2.66. The highest BCUT2D eigenvalue weighted by atomic mass is 13.9. The molecule has 0 unspecified atom stereocenters. The van der Waals surface area contributed by atoms with Crippen molar-refractivity contribution >= 4 is 0 Å². The van der Waals surface area contributed by atoms with Crippen LogP contribution in [-0.4, -0.2) is 0 Å². The van der Waals surface area contributed by atoms with E-state index >= 15 is 0 Å². The molecule has 0 saturated carbocycles. The third-order valence-corrected chi connectivity index (χ3v) is 1.54. The molecule has 0 aromatic carbocycles. The van der Waals surface area contributed by atoms with Crippen LogP contribution in [0.2, 0.25) is 0 Å². The molecule has 0 aliphatic carbocycles. The smallest absolute Gasteiger partial charge is 0.0250 e. The van der Waals surface area contributed by atoms with Crippen molar-refractivity contribution < 1.29 is 0 Å². The van der Waals surface area contributed by atoms with E-state index in [9.17, 15) is 0 Å². The van der Waals surface area contributed by atoms with Crippen LogP contribution in [0.5, 0.6) is 0 Å². The summed E-state index contributed by atoms with van der Waals surface area (Å²) in [5.74, 6) is 0. The van der Waals surface area contributed by atoms with Gasteiger partial charge in [-0.2, -0.15) is 0 Å². The molecule has 0 aliphatic heterocycles. The first-order valence-electron chi connectivity index (χ1n) is 4.26. The molecule has 0 rings (SSSR count). The van der Waals surface area contributed by atoms with Crippen LogP contribution in [0, 0.1) is 0 Å². The standard InChI is InChI=1S/C11H18/c1-4-6-7-8-9-10-11(3)5-2/h5,7-8H,2-4,6,9-10H2,1H3. The van der Waals surface area contributed by atoms with Crippen LogP contribution in [0.15, 0.2) is 37.0 Å². The van der Waals surface area contributed by atoms with E-state index < -0.39 is 0 Å². The van der Waals surface area contributed by atoms with Crippen molar-refractivity contribution in [1.29, 1.82) is 0 Å². The second kappa shape index (κ2) is 7.33. The summed E-state index contributed by atoms with van der Waals surface area (Å²) in [6.07, 6.45) is 10.9. The molecule has 0 radical (unpaired) electrons. The molecule has 0 spiro atoms. The van der Waals surface area contributed by atoms with Crippen LogP contribution >= 0.6 is 0 Å². The van der Waals surface area contributed by atoms with Crippen molar-refractivity contribution in [2.24, 2.45) is 0 Å². The molecule has 0 aromatic heterocycles. The van der Waals surface area contributed by atoms with Crippen LogP contribution in [0.4, 0.5) is 0 Å². The van der Waals surface area contributed by atoms with Gasteiger partial charge in [-0.1, -0.05) is 50.3 Å². The van der Waals surface area contributed by atoms with Gasteiger partial charge in [0.05, 0.1) is 0 Å².